The van der Waals surface area contributed by atoms with E-state index in [-0.39, 0.29) is 23.1 Å². The molecule has 2 amide bonds. The van der Waals surface area contributed by atoms with Crippen molar-refractivity contribution in [2.24, 2.45) is 11.3 Å². The van der Waals surface area contributed by atoms with Crippen molar-refractivity contribution in [1.82, 2.24) is 9.80 Å². The largest absolute Gasteiger partial charge is 0.338 e. The number of thiophene rings is 1. The van der Waals surface area contributed by atoms with Crippen LogP contribution in [0.3, 0.4) is 0 Å². The van der Waals surface area contributed by atoms with E-state index in [2.05, 4.69) is 0 Å². The van der Waals surface area contributed by atoms with E-state index in [1.807, 2.05) is 21.7 Å². The molecular weight excluding hydrogens is 334 g/mol. The van der Waals surface area contributed by atoms with Gasteiger partial charge in [0, 0.05) is 29.8 Å². The number of halogens is 2. The van der Waals surface area contributed by atoms with E-state index in [1.54, 1.807) is 0 Å². The van der Waals surface area contributed by atoms with Crippen LogP contribution in [0.15, 0.2) is 16.8 Å². The number of carbonyl (C=O) groups is 2. The van der Waals surface area contributed by atoms with Crippen molar-refractivity contribution < 1.29 is 18.4 Å². The highest BCUT2D eigenvalue weighted by Crippen LogP contribution is 2.51. The van der Waals surface area contributed by atoms with Crippen molar-refractivity contribution in [3.63, 3.8) is 0 Å². The Morgan fingerprint density at radius 3 is 2.62 bits per heavy atom. The van der Waals surface area contributed by atoms with Crippen molar-refractivity contribution in [3.05, 3.63) is 22.4 Å². The van der Waals surface area contributed by atoms with E-state index < -0.39 is 19.0 Å². The maximum atomic E-state index is 13.1. The van der Waals surface area contributed by atoms with Crippen molar-refractivity contribution in [3.8, 4) is 0 Å². The predicted octanol–water partition coefficient (Wildman–Crippen LogP) is 2.86. The van der Waals surface area contributed by atoms with Gasteiger partial charge in [-0.1, -0.05) is 6.42 Å². The van der Waals surface area contributed by atoms with E-state index in [9.17, 15) is 18.4 Å². The topological polar surface area (TPSA) is 40.6 Å². The molecule has 3 fully saturated rings. The summed E-state index contributed by atoms with van der Waals surface area (Å²) in [5.74, 6) is -3.06. The maximum absolute atomic E-state index is 13.1. The first kappa shape index (κ1) is 16.0. The lowest BCUT2D eigenvalue weighted by Crippen LogP contribution is -2.60. The van der Waals surface area contributed by atoms with Crippen LogP contribution >= 0.6 is 11.3 Å². The minimum absolute atomic E-state index is 0.0155. The SMILES string of the molecule is O=C(c1ccsc1)N1CCC2(CCCC2C(=O)N2CC(F)(F)C2)C1. The second kappa shape index (κ2) is 5.51. The molecule has 2 saturated heterocycles. The molecule has 130 valence electrons. The van der Waals surface area contributed by atoms with Gasteiger partial charge in [-0.15, -0.1) is 0 Å². The third-order valence-corrected chi connectivity index (χ3v) is 6.48. The number of hydrogen-bond donors (Lipinski definition) is 0. The zero-order valence-electron chi connectivity index (χ0n) is 13.3. The van der Waals surface area contributed by atoms with Gasteiger partial charge in [0.15, 0.2) is 0 Å². The summed E-state index contributed by atoms with van der Waals surface area (Å²) in [5, 5.41) is 3.72. The van der Waals surface area contributed by atoms with Gasteiger partial charge in [-0.05, 0) is 30.7 Å². The first-order valence-corrected chi connectivity index (χ1v) is 9.33. The van der Waals surface area contributed by atoms with Crippen LogP contribution in [-0.2, 0) is 4.79 Å². The van der Waals surface area contributed by atoms with E-state index in [0.29, 0.717) is 18.7 Å². The van der Waals surface area contributed by atoms with Crippen LogP contribution in [0.2, 0.25) is 0 Å². The molecule has 4 nitrogen and oxygen atoms in total. The quantitative estimate of drug-likeness (QED) is 0.819. The van der Waals surface area contributed by atoms with Crippen molar-refractivity contribution in [2.75, 3.05) is 26.2 Å². The normalized spacial score (nSPS) is 31.5. The first-order valence-electron chi connectivity index (χ1n) is 8.38. The van der Waals surface area contributed by atoms with Crippen LogP contribution in [0.4, 0.5) is 8.78 Å². The summed E-state index contributed by atoms with van der Waals surface area (Å²) in [5.41, 5.74) is 0.480. The lowest BCUT2D eigenvalue weighted by molar-refractivity contribution is -0.172. The Labute approximate surface area is 143 Å². The molecule has 3 aliphatic rings. The molecule has 0 radical (unpaired) electrons. The molecule has 0 bridgehead atoms. The van der Waals surface area contributed by atoms with Gasteiger partial charge >= 0.3 is 0 Å². The van der Waals surface area contributed by atoms with Gasteiger partial charge in [-0.2, -0.15) is 11.3 Å². The maximum Gasteiger partial charge on any atom is 0.282 e. The monoisotopic (exact) mass is 354 g/mol. The van der Waals surface area contributed by atoms with Crippen molar-refractivity contribution in [2.45, 2.75) is 31.6 Å². The van der Waals surface area contributed by atoms with Gasteiger partial charge in [0.2, 0.25) is 5.91 Å². The van der Waals surface area contributed by atoms with Crippen LogP contribution in [-0.4, -0.2) is 53.7 Å². The predicted molar refractivity (Wildman–Crippen MR) is 86.1 cm³/mol. The molecule has 2 unspecified atom stereocenters. The number of likely N-dealkylation sites (tertiary alicyclic amines) is 2. The van der Waals surface area contributed by atoms with Crippen LogP contribution in [0.25, 0.3) is 0 Å². The number of amides is 2. The Morgan fingerprint density at radius 2 is 1.96 bits per heavy atom. The van der Waals surface area contributed by atoms with Crippen LogP contribution in [0.1, 0.15) is 36.0 Å². The third-order valence-electron chi connectivity index (χ3n) is 5.80. The molecule has 2 aliphatic heterocycles. The minimum Gasteiger partial charge on any atom is -0.338 e. The summed E-state index contributed by atoms with van der Waals surface area (Å²) in [6.07, 6.45) is 3.38. The zero-order chi connectivity index (χ0) is 16.9. The number of hydrogen-bond acceptors (Lipinski definition) is 3. The lowest BCUT2D eigenvalue weighted by Gasteiger charge is -2.42. The highest BCUT2D eigenvalue weighted by Gasteiger charge is 2.55. The standard InChI is InChI=1S/C17H20F2N2O2S/c18-17(19)10-21(11-17)15(23)13-2-1-4-16(13)5-6-20(9-16)14(22)12-3-7-24-8-12/h3,7-8,13H,1-2,4-6,9-11H2. The number of nitrogens with zero attached hydrogens (tertiary/aromatic N) is 2. The summed E-state index contributed by atoms with van der Waals surface area (Å²) in [7, 11) is 0. The highest BCUT2D eigenvalue weighted by molar-refractivity contribution is 7.08. The molecule has 0 N–H and O–H groups in total. The van der Waals surface area contributed by atoms with Crippen LogP contribution in [0, 0.1) is 11.3 Å². The molecule has 0 aromatic carbocycles. The Kier molecular flexibility index (Phi) is 3.67. The highest BCUT2D eigenvalue weighted by atomic mass is 32.1. The van der Waals surface area contributed by atoms with Gasteiger partial charge < -0.3 is 9.80 Å². The van der Waals surface area contributed by atoms with E-state index in [0.717, 1.165) is 25.7 Å². The molecule has 4 rings (SSSR count). The smallest absolute Gasteiger partial charge is 0.282 e. The average molecular weight is 354 g/mol. The summed E-state index contributed by atoms with van der Waals surface area (Å²) in [6.45, 7) is 0.322. The average Bonchev–Trinajstić information content (AvgIpc) is 3.25. The summed E-state index contributed by atoms with van der Waals surface area (Å²) >= 11 is 1.49. The van der Waals surface area contributed by atoms with Crippen molar-refractivity contribution in [1.29, 1.82) is 0 Å². The Bertz CT molecular complexity index is 656. The fourth-order valence-electron chi connectivity index (χ4n) is 4.54. The lowest BCUT2D eigenvalue weighted by atomic mass is 9.76. The number of rotatable bonds is 2. The fraction of sp³-hybridized carbons (Fsp3) is 0.647. The minimum atomic E-state index is -2.72. The van der Waals surface area contributed by atoms with Gasteiger partial charge in [0.25, 0.3) is 11.8 Å². The Morgan fingerprint density at radius 1 is 1.17 bits per heavy atom. The van der Waals surface area contributed by atoms with E-state index in [4.69, 9.17) is 0 Å². The second-order valence-corrected chi connectivity index (χ2v) is 8.13. The summed E-state index contributed by atoms with van der Waals surface area (Å²) < 4.78 is 26.2. The molecule has 3 heterocycles. The van der Waals surface area contributed by atoms with Crippen LogP contribution < -0.4 is 0 Å². The number of carbonyl (C=O) groups excluding carboxylic acids is 2. The van der Waals surface area contributed by atoms with Crippen LogP contribution in [0.5, 0.6) is 0 Å². The second-order valence-electron chi connectivity index (χ2n) is 7.35. The Hall–Kier alpha value is -1.50. The molecule has 1 saturated carbocycles. The summed E-state index contributed by atoms with van der Waals surface area (Å²) in [4.78, 5) is 28.3. The molecule has 1 aliphatic carbocycles. The first-order chi connectivity index (χ1) is 11.4. The molecule has 1 aromatic heterocycles. The number of alkyl halides is 2. The molecule has 1 spiro atoms. The fourth-order valence-corrected chi connectivity index (χ4v) is 5.17. The zero-order valence-corrected chi connectivity index (χ0v) is 14.2. The summed E-state index contributed by atoms with van der Waals surface area (Å²) in [6, 6.07) is 1.82. The van der Waals surface area contributed by atoms with E-state index >= 15 is 0 Å². The van der Waals surface area contributed by atoms with Gasteiger partial charge in [-0.25, -0.2) is 8.78 Å². The van der Waals surface area contributed by atoms with Gasteiger partial charge in [0.05, 0.1) is 18.7 Å². The Balaban J connectivity index is 1.47. The third kappa shape index (κ3) is 2.53. The van der Waals surface area contributed by atoms with Crippen molar-refractivity contribution >= 4 is 23.2 Å². The molecule has 24 heavy (non-hydrogen) atoms. The van der Waals surface area contributed by atoms with Gasteiger partial charge in [-0.3, -0.25) is 9.59 Å². The van der Waals surface area contributed by atoms with E-state index in [1.165, 1.54) is 16.2 Å². The molecule has 1 aromatic rings. The molecular formula is C17H20F2N2O2S. The molecule has 7 heteroatoms. The molecule has 2 atom stereocenters. The van der Waals surface area contributed by atoms with Gasteiger partial charge in [0.1, 0.15) is 0 Å².